The van der Waals surface area contributed by atoms with Crippen molar-refractivity contribution in [3.8, 4) is 16.2 Å². The fourth-order valence-electron chi connectivity index (χ4n) is 2.80. The van der Waals surface area contributed by atoms with Crippen LogP contribution in [0.2, 0.25) is 0 Å². The van der Waals surface area contributed by atoms with Crippen LogP contribution in [-0.2, 0) is 0 Å². The summed E-state index contributed by atoms with van der Waals surface area (Å²) < 4.78 is 6.76. The van der Waals surface area contributed by atoms with Gasteiger partial charge in [0.2, 0.25) is 0 Å². The van der Waals surface area contributed by atoms with Crippen molar-refractivity contribution >= 4 is 21.4 Å². The van der Waals surface area contributed by atoms with Crippen molar-refractivity contribution in [3.63, 3.8) is 0 Å². The zero-order chi connectivity index (χ0) is 13.5. The predicted octanol–water partition coefficient (Wildman–Crippen LogP) is 5.62. The molecule has 1 saturated carbocycles. The maximum absolute atomic E-state index is 5.40. The van der Waals surface area contributed by atoms with Crippen molar-refractivity contribution in [2.45, 2.75) is 18.8 Å². The molecule has 3 aromatic rings. The molecule has 0 spiro atoms. The van der Waals surface area contributed by atoms with Gasteiger partial charge in [0.1, 0.15) is 5.75 Å². The third kappa shape index (κ3) is 2.43. The van der Waals surface area contributed by atoms with Gasteiger partial charge in [-0.1, -0.05) is 30.3 Å². The minimum atomic E-state index is 0. The van der Waals surface area contributed by atoms with E-state index >= 15 is 0 Å². The number of methoxy groups -OCH3 is 1. The summed E-state index contributed by atoms with van der Waals surface area (Å²) in [6.07, 6.45) is 2.64. The highest BCUT2D eigenvalue weighted by Crippen LogP contribution is 2.51. The summed E-state index contributed by atoms with van der Waals surface area (Å²) in [5, 5.41) is 1.38. The lowest BCUT2D eigenvalue weighted by molar-refractivity contribution is 0.415. The largest absolute Gasteiger partial charge is 0.497 e. The van der Waals surface area contributed by atoms with Gasteiger partial charge in [-0.15, -0.1) is 11.3 Å². The average Bonchev–Trinajstić information content (AvgIpc) is 3.27. The third-order valence-electron chi connectivity index (χ3n) is 3.96. The molecule has 0 radical (unpaired) electrons. The van der Waals surface area contributed by atoms with Gasteiger partial charge in [-0.2, -0.15) is 0 Å². The van der Waals surface area contributed by atoms with E-state index in [0.29, 0.717) is 0 Å². The minimum Gasteiger partial charge on any atom is -0.497 e. The fourth-order valence-corrected chi connectivity index (χ4v) is 4.08. The average molecular weight is 297 g/mol. The number of rotatable bonds is 3. The summed E-state index contributed by atoms with van der Waals surface area (Å²) in [6.45, 7) is 0. The smallest absolute Gasteiger partial charge is 0.119 e. The van der Waals surface area contributed by atoms with E-state index in [4.69, 9.17) is 4.74 Å². The monoisotopic (exact) mass is 297 g/mol. The quantitative estimate of drug-likeness (QED) is 0.682. The van der Waals surface area contributed by atoms with E-state index in [-0.39, 0.29) is 6.15 Å². The molecule has 0 aliphatic heterocycles. The fraction of sp³-hybridized carbons (Fsp3) is 0.222. The van der Waals surface area contributed by atoms with Crippen LogP contribution in [-0.4, -0.2) is 7.11 Å². The lowest BCUT2D eigenvalue weighted by Crippen LogP contribution is -1.84. The number of hydrogen-bond acceptors (Lipinski definition) is 3. The molecule has 3 heteroatoms. The molecule has 2 aromatic carbocycles. The number of benzene rings is 2. The SMILES string of the molecule is COc1ccc2sc(-c3ccccc3)c(C3CC3)c2c1.N. The first kappa shape index (κ1) is 14.1. The van der Waals surface area contributed by atoms with Crippen LogP contribution in [0.15, 0.2) is 48.5 Å². The molecule has 4 rings (SSSR count). The highest BCUT2D eigenvalue weighted by Gasteiger charge is 2.30. The van der Waals surface area contributed by atoms with Gasteiger partial charge in [0.05, 0.1) is 7.11 Å². The highest BCUT2D eigenvalue weighted by molar-refractivity contribution is 7.22. The zero-order valence-electron chi connectivity index (χ0n) is 12.1. The molecular weight excluding hydrogens is 278 g/mol. The van der Waals surface area contributed by atoms with Gasteiger partial charge in [0.25, 0.3) is 0 Å². The summed E-state index contributed by atoms with van der Waals surface area (Å²) >= 11 is 1.91. The molecule has 108 valence electrons. The molecule has 1 fully saturated rings. The van der Waals surface area contributed by atoms with Crippen LogP contribution in [0, 0.1) is 0 Å². The molecule has 0 unspecified atom stereocenters. The maximum atomic E-state index is 5.40. The van der Waals surface area contributed by atoms with Crippen LogP contribution in [0.25, 0.3) is 20.5 Å². The van der Waals surface area contributed by atoms with Crippen LogP contribution in [0.4, 0.5) is 0 Å². The van der Waals surface area contributed by atoms with E-state index in [9.17, 15) is 0 Å². The van der Waals surface area contributed by atoms with Crippen LogP contribution in [0.3, 0.4) is 0 Å². The second kappa shape index (κ2) is 5.51. The predicted molar refractivity (Wildman–Crippen MR) is 90.8 cm³/mol. The molecule has 1 aliphatic rings. The normalized spacial score (nSPS) is 14.0. The summed E-state index contributed by atoms with van der Waals surface area (Å²) in [5.74, 6) is 1.70. The molecule has 0 saturated heterocycles. The molecule has 0 atom stereocenters. The molecule has 1 aromatic heterocycles. The second-order valence-electron chi connectivity index (χ2n) is 5.35. The summed E-state index contributed by atoms with van der Waals surface area (Å²) in [6, 6.07) is 17.2. The van der Waals surface area contributed by atoms with E-state index in [1.807, 2.05) is 11.3 Å². The van der Waals surface area contributed by atoms with Crippen molar-refractivity contribution in [2.24, 2.45) is 0 Å². The Bertz CT molecular complexity index is 759. The third-order valence-corrected chi connectivity index (χ3v) is 5.19. The Labute approximate surface area is 129 Å². The molecule has 2 nitrogen and oxygen atoms in total. The van der Waals surface area contributed by atoms with E-state index < -0.39 is 0 Å². The maximum Gasteiger partial charge on any atom is 0.119 e. The Morgan fingerprint density at radius 3 is 2.48 bits per heavy atom. The number of hydrogen-bond donors (Lipinski definition) is 1. The van der Waals surface area contributed by atoms with E-state index in [2.05, 4.69) is 48.5 Å². The second-order valence-corrected chi connectivity index (χ2v) is 6.40. The lowest BCUT2D eigenvalue weighted by Gasteiger charge is -2.04. The number of thiophene rings is 1. The van der Waals surface area contributed by atoms with Gasteiger partial charge in [-0.3, -0.25) is 0 Å². The van der Waals surface area contributed by atoms with Crippen molar-refractivity contribution in [1.82, 2.24) is 6.15 Å². The first-order valence-electron chi connectivity index (χ1n) is 7.02. The van der Waals surface area contributed by atoms with E-state index in [0.717, 1.165) is 11.7 Å². The van der Waals surface area contributed by atoms with Gasteiger partial charge in [-0.25, -0.2) is 0 Å². The first-order valence-corrected chi connectivity index (χ1v) is 7.84. The van der Waals surface area contributed by atoms with Crippen molar-refractivity contribution in [1.29, 1.82) is 0 Å². The molecule has 1 aliphatic carbocycles. The lowest BCUT2D eigenvalue weighted by atomic mass is 10.0. The minimum absolute atomic E-state index is 0. The Hall–Kier alpha value is -1.84. The van der Waals surface area contributed by atoms with Gasteiger partial charge in [0.15, 0.2) is 0 Å². The Morgan fingerprint density at radius 1 is 1.05 bits per heavy atom. The van der Waals surface area contributed by atoms with Gasteiger partial charge >= 0.3 is 0 Å². The van der Waals surface area contributed by atoms with Gasteiger partial charge in [-0.05, 0) is 48.1 Å². The van der Waals surface area contributed by atoms with Crippen molar-refractivity contribution < 1.29 is 4.74 Å². The summed E-state index contributed by atoms with van der Waals surface area (Å²) in [5.41, 5.74) is 2.88. The number of fused-ring (bicyclic) bond motifs is 1. The standard InChI is InChI=1S/C18H16OS.H3N/c1-19-14-9-10-16-15(11-14)17(12-7-8-12)18(20-16)13-5-3-2-4-6-13;/h2-6,9-12H,7-8H2,1H3;1H3. The Kier molecular flexibility index (Phi) is 3.70. The highest BCUT2D eigenvalue weighted by atomic mass is 32.1. The molecule has 1 heterocycles. The zero-order valence-corrected chi connectivity index (χ0v) is 13.0. The van der Waals surface area contributed by atoms with Gasteiger partial charge < -0.3 is 10.9 Å². The summed E-state index contributed by atoms with van der Waals surface area (Å²) in [4.78, 5) is 1.44. The molecule has 0 amide bonds. The molecular formula is C18H19NOS. The van der Waals surface area contributed by atoms with Crippen molar-refractivity contribution in [2.75, 3.05) is 7.11 Å². The van der Waals surface area contributed by atoms with Gasteiger partial charge in [0, 0.05) is 15.0 Å². The van der Waals surface area contributed by atoms with E-state index in [1.54, 1.807) is 7.11 Å². The van der Waals surface area contributed by atoms with Crippen LogP contribution >= 0.6 is 11.3 Å². The molecule has 3 N–H and O–H groups in total. The molecule has 21 heavy (non-hydrogen) atoms. The molecule has 0 bridgehead atoms. The van der Waals surface area contributed by atoms with Crippen molar-refractivity contribution in [3.05, 3.63) is 54.1 Å². The first-order chi connectivity index (χ1) is 9.86. The Balaban J connectivity index is 0.00000132. The van der Waals surface area contributed by atoms with E-state index in [1.165, 1.54) is 38.9 Å². The summed E-state index contributed by atoms with van der Waals surface area (Å²) in [7, 11) is 1.74. The van der Waals surface area contributed by atoms with Crippen LogP contribution < -0.4 is 10.9 Å². The Morgan fingerprint density at radius 2 is 1.81 bits per heavy atom. The number of ether oxygens (including phenoxy) is 1. The van der Waals surface area contributed by atoms with Crippen LogP contribution in [0.5, 0.6) is 5.75 Å². The topological polar surface area (TPSA) is 44.2 Å². The van der Waals surface area contributed by atoms with Crippen LogP contribution in [0.1, 0.15) is 24.3 Å².